The zero-order valence-electron chi connectivity index (χ0n) is 15.2. The molecule has 138 valence electrons. The van der Waals surface area contributed by atoms with E-state index in [0.29, 0.717) is 24.2 Å². The largest absolute Gasteiger partial charge is 0.347 e. The molecule has 1 saturated heterocycles. The highest BCUT2D eigenvalue weighted by molar-refractivity contribution is 5.90. The Morgan fingerprint density at radius 1 is 1.23 bits per heavy atom. The SMILES string of the molecule is CC(C)NC(=O)c1nnc2n1C[C@@H]1CN(Cc3ccccc3F)C[C@@H]1C2. The molecule has 1 aromatic heterocycles. The number of fused-ring (bicyclic) bond motifs is 2. The fourth-order valence-electron chi connectivity index (χ4n) is 4.11. The van der Waals surface area contributed by atoms with Crippen molar-refractivity contribution < 1.29 is 9.18 Å². The lowest BCUT2D eigenvalue weighted by atomic mass is 9.89. The predicted molar refractivity (Wildman–Crippen MR) is 95.0 cm³/mol. The van der Waals surface area contributed by atoms with Crippen molar-refractivity contribution in [1.82, 2.24) is 25.0 Å². The van der Waals surface area contributed by atoms with Crippen LogP contribution in [0.5, 0.6) is 0 Å². The number of nitrogens with zero attached hydrogens (tertiary/aromatic N) is 4. The molecule has 0 aliphatic carbocycles. The maximum atomic E-state index is 13.9. The molecule has 1 amide bonds. The highest BCUT2D eigenvalue weighted by Gasteiger charge is 2.39. The first-order chi connectivity index (χ1) is 12.5. The zero-order chi connectivity index (χ0) is 18.3. The van der Waals surface area contributed by atoms with Gasteiger partial charge in [-0.3, -0.25) is 9.69 Å². The number of hydrogen-bond donors (Lipinski definition) is 1. The van der Waals surface area contributed by atoms with Gasteiger partial charge in [0, 0.05) is 44.2 Å². The molecule has 1 fully saturated rings. The van der Waals surface area contributed by atoms with E-state index >= 15 is 0 Å². The Morgan fingerprint density at radius 3 is 2.77 bits per heavy atom. The van der Waals surface area contributed by atoms with E-state index in [9.17, 15) is 9.18 Å². The van der Waals surface area contributed by atoms with Crippen molar-refractivity contribution in [2.45, 2.75) is 39.4 Å². The second kappa shape index (κ2) is 6.79. The van der Waals surface area contributed by atoms with Crippen LogP contribution in [0.15, 0.2) is 24.3 Å². The van der Waals surface area contributed by atoms with E-state index in [4.69, 9.17) is 0 Å². The monoisotopic (exact) mass is 357 g/mol. The van der Waals surface area contributed by atoms with Gasteiger partial charge in [0.05, 0.1) is 0 Å². The highest BCUT2D eigenvalue weighted by Crippen LogP contribution is 2.33. The number of rotatable bonds is 4. The third-order valence-electron chi connectivity index (χ3n) is 5.32. The smallest absolute Gasteiger partial charge is 0.289 e. The molecule has 7 heteroatoms. The fourth-order valence-corrected chi connectivity index (χ4v) is 4.11. The van der Waals surface area contributed by atoms with Gasteiger partial charge in [0.25, 0.3) is 5.91 Å². The number of likely N-dealkylation sites (tertiary alicyclic amines) is 1. The zero-order valence-corrected chi connectivity index (χ0v) is 15.2. The van der Waals surface area contributed by atoms with E-state index in [1.165, 1.54) is 6.07 Å². The summed E-state index contributed by atoms with van der Waals surface area (Å²) in [6.07, 6.45) is 0.820. The summed E-state index contributed by atoms with van der Waals surface area (Å²) >= 11 is 0. The van der Waals surface area contributed by atoms with Crippen LogP contribution in [0, 0.1) is 17.7 Å². The van der Waals surface area contributed by atoms with Crippen LogP contribution >= 0.6 is 0 Å². The molecule has 2 aliphatic heterocycles. The maximum absolute atomic E-state index is 13.9. The Morgan fingerprint density at radius 2 is 2.00 bits per heavy atom. The van der Waals surface area contributed by atoms with Crippen molar-refractivity contribution in [3.8, 4) is 0 Å². The van der Waals surface area contributed by atoms with E-state index in [1.54, 1.807) is 6.07 Å². The normalized spacial score (nSPS) is 22.3. The summed E-state index contributed by atoms with van der Waals surface area (Å²) in [5.74, 6) is 1.90. The molecule has 2 aliphatic rings. The van der Waals surface area contributed by atoms with Gasteiger partial charge in [-0.1, -0.05) is 18.2 Å². The molecule has 4 rings (SSSR count). The topological polar surface area (TPSA) is 63.1 Å². The summed E-state index contributed by atoms with van der Waals surface area (Å²) in [7, 11) is 0. The molecule has 0 saturated carbocycles. The standard InChI is InChI=1S/C19H24FN5O/c1-12(2)21-19(26)18-23-22-17-7-14-9-24(10-15(14)11-25(17)18)8-13-5-3-4-6-16(13)20/h3-6,12,14-15H,7-11H2,1-2H3,(H,21,26)/t14-,15-/m0/s1. The predicted octanol–water partition coefficient (Wildman–Crippen LogP) is 1.86. The van der Waals surface area contributed by atoms with Crippen molar-refractivity contribution in [2.75, 3.05) is 13.1 Å². The molecule has 0 bridgehead atoms. The third-order valence-corrected chi connectivity index (χ3v) is 5.32. The average Bonchev–Trinajstić information content (AvgIpc) is 3.16. The molecule has 6 nitrogen and oxygen atoms in total. The van der Waals surface area contributed by atoms with Crippen LogP contribution in [0.3, 0.4) is 0 Å². The average molecular weight is 357 g/mol. The molecule has 0 radical (unpaired) electrons. The lowest BCUT2D eigenvalue weighted by molar-refractivity contribution is 0.0924. The minimum atomic E-state index is -0.168. The second-order valence-corrected chi connectivity index (χ2v) is 7.69. The molecule has 0 unspecified atom stereocenters. The van der Waals surface area contributed by atoms with Crippen LogP contribution in [-0.4, -0.2) is 44.7 Å². The first-order valence-corrected chi connectivity index (χ1v) is 9.20. The molecule has 0 spiro atoms. The van der Waals surface area contributed by atoms with Gasteiger partial charge in [0.1, 0.15) is 11.6 Å². The number of halogens is 1. The van der Waals surface area contributed by atoms with Gasteiger partial charge in [-0.05, 0) is 31.7 Å². The van der Waals surface area contributed by atoms with Crippen LogP contribution in [0.1, 0.15) is 35.9 Å². The minimum absolute atomic E-state index is 0.0644. The van der Waals surface area contributed by atoms with Gasteiger partial charge >= 0.3 is 0 Å². The number of amides is 1. The molecule has 26 heavy (non-hydrogen) atoms. The van der Waals surface area contributed by atoms with Crippen LogP contribution in [0.25, 0.3) is 0 Å². The molecule has 1 N–H and O–H groups in total. The first kappa shape index (κ1) is 17.1. The van der Waals surface area contributed by atoms with E-state index < -0.39 is 0 Å². The Balaban J connectivity index is 1.46. The summed E-state index contributed by atoms with van der Waals surface area (Å²) < 4.78 is 15.9. The quantitative estimate of drug-likeness (QED) is 0.907. The number of aromatic nitrogens is 3. The van der Waals surface area contributed by atoms with E-state index in [2.05, 4.69) is 20.4 Å². The van der Waals surface area contributed by atoms with E-state index in [-0.39, 0.29) is 17.8 Å². The Labute approximate surface area is 152 Å². The van der Waals surface area contributed by atoms with E-state index in [1.807, 2.05) is 30.5 Å². The first-order valence-electron chi connectivity index (χ1n) is 9.20. The summed E-state index contributed by atoms with van der Waals surface area (Å²) in [6, 6.07) is 7.02. The number of hydrogen-bond acceptors (Lipinski definition) is 4. The number of carbonyl (C=O) groups is 1. The molecule has 3 heterocycles. The van der Waals surface area contributed by atoms with Gasteiger partial charge < -0.3 is 9.88 Å². The van der Waals surface area contributed by atoms with Gasteiger partial charge in [-0.25, -0.2) is 4.39 Å². The Hall–Kier alpha value is -2.28. The van der Waals surface area contributed by atoms with Gasteiger partial charge in [0.15, 0.2) is 0 Å². The fraction of sp³-hybridized carbons (Fsp3) is 0.526. The van der Waals surface area contributed by atoms with Crippen molar-refractivity contribution in [1.29, 1.82) is 0 Å². The summed E-state index contributed by atoms with van der Waals surface area (Å²) in [6.45, 7) is 7.07. The molecular weight excluding hydrogens is 333 g/mol. The maximum Gasteiger partial charge on any atom is 0.289 e. The Bertz CT molecular complexity index is 818. The lowest BCUT2D eigenvalue weighted by Gasteiger charge is -2.25. The summed E-state index contributed by atoms with van der Waals surface area (Å²) in [5, 5.41) is 11.2. The highest BCUT2D eigenvalue weighted by atomic mass is 19.1. The van der Waals surface area contributed by atoms with Crippen molar-refractivity contribution in [3.05, 3.63) is 47.3 Å². The summed E-state index contributed by atoms with van der Waals surface area (Å²) in [4.78, 5) is 14.6. The Kier molecular flexibility index (Phi) is 4.48. The number of carbonyl (C=O) groups excluding carboxylic acids is 1. The van der Waals surface area contributed by atoms with Crippen LogP contribution in [-0.2, 0) is 19.5 Å². The van der Waals surface area contributed by atoms with Gasteiger partial charge in [-0.15, -0.1) is 10.2 Å². The summed E-state index contributed by atoms with van der Waals surface area (Å²) in [5.41, 5.74) is 0.738. The van der Waals surface area contributed by atoms with Gasteiger partial charge in [-0.2, -0.15) is 0 Å². The van der Waals surface area contributed by atoms with Gasteiger partial charge in [0.2, 0.25) is 5.82 Å². The van der Waals surface area contributed by atoms with E-state index in [0.717, 1.165) is 37.4 Å². The van der Waals surface area contributed by atoms with Crippen LogP contribution in [0.2, 0.25) is 0 Å². The van der Waals surface area contributed by atoms with Crippen molar-refractivity contribution in [2.24, 2.45) is 11.8 Å². The van der Waals surface area contributed by atoms with Crippen LogP contribution in [0.4, 0.5) is 4.39 Å². The van der Waals surface area contributed by atoms with Crippen LogP contribution < -0.4 is 5.32 Å². The number of nitrogens with one attached hydrogen (secondary N) is 1. The lowest BCUT2D eigenvalue weighted by Crippen LogP contribution is -2.35. The third kappa shape index (κ3) is 3.23. The molecule has 1 aromatic carbocycles. The second-order valence-electron chi connectivity index (χ2n) is 7.69. The molecule has 2 atom stereocenters. The minimum Gasteiger partial charge on any atom is -0.347 e. The molecular formula is C19H24FN5O. The molecule has 2 aromatic rings. The number of benzene rings is 1. The van der Waals surface area contributed by atoms with Crippen molar-refractivity contribution in [3.63, 3.8) is 0 Å². The van der Waals surface area contributed by atoms with Crippen molar-refractivity contribution >= 4 is 5.91 Å².